The highest BCUT2D eigenvalue weighted by Crippen LogP contribution is 2.36. The van der Waals surface area contributed by atoms with Gasteiger partial charge in [-0.1, -0.05) is 67.6 Å². The number of fused-ring (bicyclic) bond motifs is 1. The molecule has 1 unspecified atom stereocenters. The first-order valence-corrected chi connectivity index (χ1v) is 11.9. The summed E-state index contributed by atoms with van der Waals surface area (Å²) >= 11 is 0. The molecule has 0 spiro atoms. The summed E-state index contributed by atoms with van der Waals surface area (Å²) in [6.45, 7) is 2.63. The Bertz CT molecular complexity index is 1410. The maximum atomic E-state index is 13.3. The summed E-state index contributed by atoms with van der Waals surface area (Å²) in [5, 5.41) is 6.37. The summed E-state index contributed by atoms with van der Waals surface area (Å²) < 4.78 is 2.09. The van der Waals surface area contributed by atoms with Crippen LogP contribution in [0.1, 0.15) is 47.7 Å². The van der Waals surface area contributed by atoms with E-state index in [1.165, 1.54) is 0 Å². The number of aromatic nitrogens is 1. The molecule has 0 radical (unpaired) electrons. The van der Waals surface area contributed by atoms with Crippen LogP contribution in [0.5, 0.6) is 0 Å². The number of para-hydroxylation sites is 1. The first-order valence-electron chi connectivity index (χ1n) is 11.9. The Hall–Kier alpha value is -4.19. The molecule has 2 N–H and O–H groups in total. The number of anilines is 1. The van der Waals surface area contributed by atoms with E-state index in [1.807, 2.05) is 79.9 Å². The minimum absolute atomic E-state index is 0.188. The van der Waals surface area contributed by atoms with Crippen LogP contribution in [-0.2, 0) is 21.5 Å². The van der Waals surface area contributed by atoms with E-state index in [-0.39, 0.29) is 17.7 Å². The standard InChI is InChI=1S/C29H27N3O3/c1-2-29(17-16-26(33)31-28(29)35)21-12-14-22(15-13-21)30-27(34)24-19-32(18-20-8-4-3-5-9-20)25-11-7-6-10-23(24)25/h3-15,19H,2,16-18H2,1H3,(H,30,34)(H,31,33,35). The normalized spacial score (nSPS) is 17.9. The van der Waals surface area contributed by atoms with E-state index in [2.05, 4.69) is 27.3 Å². The topological polar surface area (TPSA) is 80.2 Å². The molecule has 4 aromatic rings. The zero-order valence-electron chi connectivity index (χ0n) is 19.6. The number of nitrogens with one attached hydrogen (secondary N) is 2. The highest BCUT2D eigenvalue weighted by Gasteiger charge is 2.42. The summed E-state index contributed by atoms with van der Waals surface area (Å²) in [7, 11) is 0. The second-order valence-corrected chi connectivity index (χ2v) is 9.02. The highest BCUT2D eigenvalue weighted by molar-refractivity contribution is 6.13. The third-order valence-corrected chi connectivity index (χ3v) is 6.99. The van der Waals surface area contributed by atoms with E-state index in [9.17, 15) is 14.4 Å². The van der Waals surface area contributed by atoms with Crippen LogP contribution in [0.2, 0.25) is 0 Å². The van der Waals surface area contributed by atoms with Crippen molar-refractivity contribution >= 4 is 34.3 Å². The van der Waals surface area contributed by atoms with Crippen molar-refractivity contribution in [1.82, 2.24) is 9.88 Å². The minimum Gasteiger partial charge on any atom is -0.342 e. The van der Waals surface area contributed by atoms with Gasteiger partial charge in [0.25, 0.3) is 5.91 Å². The van der Waals surface area contributed by atoms with Crippen molar-refractivity contribution in [3.8, 4) is 0 Å². The van der Waals surface area contributed by atoms with E-state index in [0.717, 1.165) is 22.0 Å². The zero-order valence-corrected chi connectivity index (χ0v) is 19.6. The van der Waals surface area contributed by atoms with Crippen molar-refractivity contribution < 1.29 is 14.4 Å². The number of rotatable bonds is 6. The van der Waals surface area contributed by atoms with Crippen molar-refractivity contribution in [3.63, 3.8) is 0 Å². The van der Waals surface area contributed by atoms with Gasteiger partial charge in [-0.25, -0.2) is 0 Å². The molecule has 0 saturated carbocycles. The highest BCUT2D eigenvalue weighted by atomic mass is 16.2. The van der Waals surface area contributed by atoms with Crippen molar-refractivity contribution in [2.24, 2.45) is 0 Å². The maximum absolute atomic E-state index is 13.3. The number of imide groups is 1. The first-order chi connectivity index (χ1) is 17.0. The Labute approximate surface area is 204 Å². The summed E-state index contributed by atoms with van der Waals surface area (Å²) in [5.41, 5.74) is 3.55. The number of amides is 3. The second kappa shape index (κ2) is 9.22. The van der Waals surface area contributed by atoms with Gasteiger partial charge in [-0.2, -0.15) is 0 Å². The molecule has 1 saturated heterocycles. The molecule has 2 heterocycles. The third kappa shape index (κ3) is 4.23. The van der Waals surface area contributed by atoms with Crippen molar-refractivity contribution in [2.75, 3.05) is 5.32 Å². The molecular weight excluding hydrogens is 438 g/mol. The molecule has 35 heavy (non-hydrogen) atoms. The SMILES string of the molecule is CCC1(c2ccc(NC(=O)c3cn(Cc4ccccc4)c4ccccc34)cc2)CCC(=O)NC1=O. The predicted octanol–water partition coefficient (Wildman–Crippen LogP) is 5.03. The Morgan fingerprint density at radius 3 is 2.40 bits per heavy atom. The lowest BCUT2D eigenvalue weighted by Crippen LogP contribution is -2.51. The van der Waals surface area contributed by atoms with Crippen LogP contribution in [-0.4, -0.2) is 22.3 Å². The molecule has 1 aliphatic heterocycles. The smallest absolute Gasteiger partial charge is 0.257 e. The number of hydrogen-bond acceptors (Lipinski definition) is 3. The molecule has 1 aromatic heterocycles. The van der Waals surface area contributed by atoms with Crippen LogP contribution in [0.3, 0.4) is 0 Å². The molecule has 1 atom stereocenters. The van der Waals surface area contributed by atoms with Gasteiger partial charge < -0.3 is 9.88 Å². The summed E-state index contributed by atoms with van der Waals surface area (Å²) in [6.07, 6.45) is 3.31. The Morgan fingerprint density at radius 2 is 1.69 bits per heavy atom. The summed E-state index contributed by atoms with van der Waals surface area (Å²) in [4.78, 5) is 37.6. The van der Waals surface area contributed by atoms with Gasteiger partial charge in [-0.3, -0.25) is 19.7 Å². The van der Waals surface area contributed by atoms with Gasteiger partial charge in [-0.05, 0) is 42.2 Å². The number of benzene rings is 3. The molecule has 176 valence electrons. The maximum Gasteiger partial charge on any atom is 0.257 e. The van der Waals surface area contributed by atoms with Crippen LogP contribution in [0.15, 0.2) is 85.1 Å². The van der Waals surface area contributed by atoms with Crippen LogP contribution < -0.4 is 10.6 Å². The van der Waals surface area contributed by atoms with Crippen molar-refractivity contribution in [1.29, 1.82) is 0 Å². The molecule has 0 aliphatic carbocycles. The molecule has 3 amide bonds. The Morgan fingerprint density at radius 1 is 0.971 bits per heavy atom. The van der Waals surface area contributed by atoms with Crippen molar-refractivity contribution in [2.45, 2.75) is 38.1 Å². The van der Waals surface area contributed by atoms with Crippen LogP contribution in [0.4, 0.5) is 5.69 Å². The predicted molar refractivity (Wildman–Crippen MR) is 136 cm³/mol. The molecule has 6 heteroatoms. The van der Waals surface area contributed by atoms with Gasteiger partial charge in [-0.15, -0.1) is 0 Å². The lowest BCUT2D eigenvalue weighted by atomic mass is 9.72. The van der Waals surface area contributed by atoms with Gasteiger partial charge in [0.05, 0.1) is 11.0 Å². The van der Waals surface area contributed by atoms with Gasteiger partial charge in [0.15, 0.2) is 0 Å². The largest absolute Gasteiger partial charge is 0.342 e. The van der Waals surface area contributed by atoms with E-state index in [1.54, 1.807) is 0 Å². The Kier molecular flexibility index (Phi) is 5.95. The average Bonchev–Trinajstić information content (AvgIpc) is 3.24. The number of carbonyl (C=O) groups is 3. The summed E-state index contributed by atoms with van der Waals surface area (Å²) in [5.74, 6) is -0.666. The number of nitrogens with zero attached hydrogens (tertiary/aromatic N) is 1. The van der Waals surface area contributed by atoms with Crippen molar-refractivity contribution in [3.05, 3.63) is 102 Å². The van der Waals surface area contributed by atoms with E-state index >= 15 is 0 Å². The fourth-order valence-corrected chi connectivity index (χ4v) is 4.98. The van der Waals surface area contributed by atoms with E-state index in [4.69, 9.17) is 0 Å². The number of carbonyl (C=O) groups excluding carboxylic acids is 3. The average molecular weight is 466 g/mol. The van der Waals surface area contributed by atoms with Crippen LogP contribution in [0.25, 0.3) is 10.9 Å². The molecule has 0 bridgehead atoms. The van der Waals surface area contributed by atoms with Gasteiger partial charge in [0.1, 0.15) is 0 Å². The van der Waals surface area contributed by atoms with E-state index < -0.39 is 5.41 Å². The second-order valence-electron chi connectivity index (χ2n) is 9.02. The van der Waals surface area contributed by atoms with Crippen LogP contribution >= 0.6 is 0 Å². The quantitative estimate of drug-likeness (QED) is 0.392. The number of hydrogen-bond donors (Lipinski definition) is 2. The van der Waals surface area contributed by atoms with E-state index in [0.29, 0.717) is 37.1 Å². The molecule has 5 rings (SSSR count). The van der Waals surface area contributed by atoms with Gasteiger partial charge >= 0.3 is 0 Å². The molecule has 3 aromatic carbocycles. The summed E-state index contributed by atoms with van der Waals surface area (Å²) in [6, 6.07) is 25.4. The fourth-order valence-electron chi connectivity index (χ4n) is 4.98. The first kappa shape index (κ1) is 22.6. The number of piperidine rings is 1. The minimum atomic E-state index is -0.721. The van der Waals surface area contributed by atoms with Crippen LogP contribution in [0, 0.1) is 0 Å². The molecule has 1 fully saturated rings. The van der Waals surface area contributed by atoms with Gasteiger partial charge in [0.2, 0.25) is 11.8 Å². The van der Waals surface area contributed by atoms with Gasteiger partial charge in [0, 0.05) is 35.8 Å². The fraction of sp³-hybridized carbons (Fsp3) is 0.207. The molecule has 1 aliphatic rings. The molecular formula is C29H27N3O3. The Balaban J connectivity index is 1.39. The lowest BCUT2D eigenvalue weighted by Gasteiger charge is -2.35. The zero-order chi connectivity index (χ0) is 24.4. The lowest BCUT2D eigenvalue weighted by molar-refractivity contribution is -0.138. The third-order valence-electron chi connectivity index (χ3n) is 6.99. The molecule has 6 nitrogen and oxygen atoms in total. The monoisotopic (exact) mass is 465 g/mol.